The van der Waals surface area contributed by atoms with E-state index in [1.165, 1.54) is 5.56 Å². The first-order valence-corrected chi connectivity index (χ1v) is 7.08. The van der Waals surface area contributed by atoms with E-state index in [0.717, 1.165) is 12.1 Å². The zero-order valence-corrected chi connectivity index (χ0v) is 11.9. The maximum Gasteiger partial charge on any atom is 0.111 e. The molecule has 3 nitrogen and oxygen atoms in total. The van der Waals surface area contributed by atoms with Gasteiger partial charge in [-0.3, -0.25) is 0 Å². The van der Waals surface area contributed by atoms with Crippen LogP contribution in [0.4, 0.5) is 5.69 Å². The fourth-order valence-electron chi connectivity index (χ4n) is 2.92. The van der Waals surface area contributed by atoms with Crippen LogP contribution in [0, 0.1) is 0 Å². The van der Waals surface area contributed by atoms with E-state index in [9.17, 15) is 0 Å². The summed E-state index contributed by atoms with van der Waals surface area (Å²) < 4.78 is 0. The number of para-hydroxylation sites is 1. The van der Waals surface area contributed by atoms with E-state index in [1.807, 2.05) is 24.3 Å². The van der Waals surface area contributed by atoms with Gasteiger partial charge in [0.25, 0.3) is 0 Å². The number of benzene rings is 2. The quantitative estimate of drug-likeness (QED) is 0.799. The van der Waals surface area contributed by atoms with Crippen molar-refractivity contribution in [1.82, 2.24) is 0 Å². The first-order valence-electron chi connectivity index (χ1n) is 7.08. The van der Waals surface area contributed by atoms with E-state index in [1.54, 1.807) is 0 Å². The van der Waals surface area contributed by atoms with Crippen molar-refractivity contribution in [3.05, 3.63) is 66.2 Å². The van der Waals surface area contributed by atoms with Crippen LogP contribution in [-0.4, -0.2) is 6.04 Å². The van der Waals surface area contributed by atoms with Gasteiger partial charge in [-0.1, -0.05) is 60.7 Å². The van der Waals surface area contributed by atoms with Gasteiger partial charge in [0.15, 0.2) is 0 Å². The second-order valence-electron chi connectivity index (χ2n) is 5.29. The van der Waals surface area contributed by atoms with Gasteiger partial charge in [-0.25, -0.2) is 5.01 Å². The highest BCUT2D eigenvalue weighted by atomic mass is 15.6. The number of hydrogen-bond acceptors (Lipinski definition) is 3. The zero-order valence-electron chi connectivity index (χ0n) is 11.9. The molecule has 0 radical (unpaired) electrons. The number of hydrogen-bond donors (Lipinski definition) is 0. The lowest BCUT2D eigenvalue weighted by Gasteiger charge is -2.37. The highest BCUT2D eigenvalue weighted by molar-refractivity contribution is 5.51. The van der Waals surface area contributed by atoms with Crippen molar-refractivity contribution < 1.29 is 0 Å². The molecule has 1 heterocycles. The Morgan fingerprint density at radius 3 is 2.20 bits per heavy atom. The fourth-order valence-corrected chi connectivity index (χ4v) is 2.92. The van der Waals surface area contributed by atoms with Crippen LogP contribution in [0.3, 0.4) is 0 Å². The van der Waals surface area contributed by atoms with Crippen LogP contribution in [0.15, 0.2) is 71.0 Å². The summed E-state index contributed by atoms with van der Waals surface area (Å²) in [6, 6.07) is 21.0. The molecule has 1 aliphatic rings. The molecule has 2 atom stereocenters. The molecule has 0 fully saturated rings. The lowest BCUT2D eigenvalue weighted by molar-refractivity contribution is 0.399. The minimum Gasteiger partial charge on any atom is -0.235 e. The minimum atomic E-state index is -0.225. The van der Waals surface area contributed by atoms with Crippen molar-refractivity contribution in [2.24, 2.45) is 10.3 Å². The third kappa shape index (κ3) is 1.90. The predicted octanol–water partition coefficient (Wildman–Crippen LogP) is 4.57. The van der Waals surface area contributed by atoms with Gasteiger partial charge in [0.05, 0.1) is 5.69 Å². The topological polar surface area (TPSA) is 28.0 Å². The van der Waals surface area contributed by atoms with Crippen LogP contribution in [-0.2, 0) is 5.54 Å². The molecule has 0 bridgehead atoms. The van der Waals surface area contributed by atoms with Crippen LogP contribution in [0.25, 0.3) is 0 Å². The largest absolute Gasteiger partial charge is 0.235 e. The average Bonchev–Trinajstić information content (AvgIpc) is 2.87. The van der Waals surface area contributed by atoms with Gasteiger partial charge in [-0.2, -0.15) is 5.11 Å². The van der Waals surface area contributed by atoms with Crippen molar-refractivity contribution in [2.75, 3.05) is 5.01 Å². The van der Waals surface area contributed by atoms with Gasteiger partial charge in [-0.15, -0.1) is 0 Å². The number of anilines is 1. The van der Waals surface area contributed by atoms with Crippen LogP contribution in [0.2, 0.25) is 0 Å². The minimum absolute atomic E-state index is 0.171. The normalized spacial score (nSPS) is 25.1. The second-order valence-corrected chi connectivity index (χ2v) is 5.29. The van der Waals surface area contributed by atoms with Gasteiger partial charge < -0.3 is 0 Å². The van der Waals surface area contributed by atoms with E-state index in [-0.39, 0.29) is 11.6 Å². The summed E-state index contributed by atoms with van der Waals surface area (Å²) in [6.45, 7) is 4.39. The molecule has 0 N–H and O–H groups in total. The molecule has 0 aromatic heterocycles. The van der Waals surface area contributed by atoms with Gasteiger partial charge in [0.2, 0.25) is 0 Å². The molecule has 0 saturated carbocycles. The Labute approximate surface area is 119 Å². The molecule has 2 unspecified atom stereocenters. The van der Waals surface area contributed by atoms with E-state index in [2.05, 4.69) is 65.6 Å². The lowest BCUT2D eigenvalue weighted by Crippen LogP contribution is -2.44. The standard InChI is InChI=1S/C17H19N3/c1-3-16-17(2,14-10-6-4-7-11-14)20(19-18-16)15-12-8-5-9-13-15/h4-13,16H,3H2,1-2H3. The SMILES string of the molecule is CCC1N=NN(c2ccccc2)C1(C)c1ccccc1. The van der Waals surface area contributed by atoms with Crippen molar-refractivity contribution in [3.63, 3.8) is 0 Å². The maximum absolute atomic E-state index is 4.49. The molecule has 2 aromatic carbocycles. The van der Waals surface area contributed by atoms with E-state index in [4.69, 9.17) is 0 Å². The highest BCUT2D eigenvalue weighted by Crippen LogP contribution is 2.42. The summed E-state index contributed by atoms with van der Waals surface area (Å²) in [4.78, 5) is 0. The van der Waals surface area contributed by atoms with Crippen LogP contribution >= 0.6 is 0 Å². The predicted molar refractivity (Wildman–Crippen MR) is 81.7 cm³/mol. The molecule has 102 valence electrons. The Kier molecular flexibility index (Phi) is 3.26. The molecule has 3 heteroatoms. The number of rotatable bonds is 3. The first kappa shape index (κ1) is 12.9. The smallest absolute Gasteiger partial charge is 0.111 e. The molecule has 2 aromatic rings. The summed E-state index contributed by atoms with van der Waals surface area (Å²) >= 11 is 0. The summed E-state index contributed by atoms with van der Waals surface area (Å²) in [7, 11) is 0. The Morgan fingerprint density at radius 2 is 1.60 bits per heavy atom. The van der Waals surface area contributed by atoms with E-state index in [0.29, 0.717) is 0 Å². The molecule has 0 saturated heterocycles. The van der Waals surface area contributed by atoms with E-state index < -0.39 is 0 Å². The maximum atomic E-state index is 4.49. The third-order valence-corrected chi connectivity index (χ3v) is 4.12. The van der Waals surface area contributed by atoms with Crippen molar-refractivity contribution in [2.45, 2.75) is 31.8 Å². The van der Waals surface area contributed by atoms with Crippen LogP contribution < -0.4 is 5.01 Å². The summed E-state index contributed by atoms with van der Waals surface area (Å²) in [6.07, 6.45) is 0.970. The number of nitrogens with zero attached hydrogens (tertiary/aromatic N) is 3. The van der Waals surface area contributed by atoms with Crippen molar-refractivity contribution >= 4 is 5.69 Å². The highest BCUT2D eigenvalue weighted by Gasteiger charge is 2.45. The molecule has 20 heavy (non-hydrogen) atoms. The molecule has 0 spiro atoms. The summed E-state index contributed by atoms with van der Waals surface area (Å²) in [5.74, 6) is 0. The van der Waals surface area contributed by atoms with Gasteiger partial charge in [0.1, 0.15) is 11.6 Å². The van der Waals surface area contributed by atoms with Crippen LogP contribution in [0.1, 0.15) is 25.8 Å². The van der Waals surface area contributed by atoms with Crippen molar-refractivity contribution in [1.29, 1.82) is 0 Å². The monoisotopic (exact) mass is 265 g/mol. The summed E-state index contributed by atoms with van der Waals surface area (Å²) in [5.41, 5.74) is 2.11. The Hall–Kier alpha value is -2.16. The van der Waals surface area contributed by atoms with Gasteiger partial charge in [0, 0.05) is 0 Å². The molecule has 0 aliphatic carbocycles. The second kappa shape index (κ2) is 5.08. The molecular formula is C17H19N3. The first-order chi connectivity index (χ1) is 9.76. The third-order valence-electron chi connectivity index (χ3n) is 4.12. The zero-order chi connectivity index (χ0) is 14.0. The Morgan fingerprint density at radius 1 is 1.00 bits per heavy atom. The fraction of sp³-hybridized carbons (Fsp3) is 0.294. The van der Waals surface area contributed by atoms with Crippen molar-refractivity contribution in [3.8, 4) is 0 Å². The molecule has 1 aliphatic heterocycles. The molecule has 3 rings (SSSR count). The summed E-state index contributed by atoms with van der Waals surface area (Å²) in [5, 5.41) is 11.0. The average molecular weight is 265 g/mol. The molecule has 0 amide bonds. The lowest BCUT2D eigenvalue weighted by atomic mass is 9.83. The Balaban J connectivity index is 2.09. The van der Waals surface area contributed by atoms with Gasteiger partial charge in [-0.05, 0) is 31.0 Å². The van der Waals surface area contributed by atoms with Gasteiger partial charge >= 0.3 is 0 Å². The molecular weight excluding hydrogens is 246 g/mol. The van der Waals surface area contributed by atoms with E-state index >= 15 is 0 Å². The van der Waals surface area contributed by atoms with Crippen LogP contribution in [0.5, 0.6) is 0 Å². The Bertz CT molecular complexity index is 594.